The minimum Gasteiger partial charge on any atom is -0.311 e. The third-order valence-electron chi connectivity index (χ3n) is 4.79. The molecule has 2 N–H and O–H groups in total. The lowest BCUT2D eigenvalue weighted by Gasteiger charge is -2.36. The lowest BCUT2D eigenvalue weighted by molar-refractivity contribution is 0.137. The first-order chi connectivity index (χ1) is 6.90. The molecule has 4 aliphatic rings. The van der Waals surface area contributed by atoms with Crippen LogP contribution in [-0.2, 0) is 0 Å². The number of hydrogen-bond acceptors (Lipinski definition) is 3. The van der Waals surface area contributed by atoms with Gasteiger partial charge in [-0.25, -0.2) is 0 Å². The van der Waals surface area contributed by atoms with Crippen molar-refractivity contribution in [1.82, 2.24) is 15.5 Å². The van der Waals surface area contributed by atoms with E-state index in [0.717, 1.165) is 30.2 Å². The van der Waals surface area contributed by atoms with Gasteiger partial charge >= 0.3 is 0 Å². The maximum atomic E-state index is 3.75. The molecule has 78 valence electrons. The highest BCUT2D eigenvalue weighted by Gasteiger charge is 2.48. The van der Waals surface area contributed by atoms with Crippen LogP contribution in [0.25, 0.3) is 0 Å². The van der Waals surface area contributed by atoms with Crippen LogP contribution in [0.3, 0.4) is 0 Å². The Morgan fingerprint density at radius 1 is 1.07 bits per heavy atom. The quantitative estimate of drug-likeness (QED) is 0.610. The van der Waals surface area contributed by atoms with Crippen LogP contribution in [0.5, 0.6) is 0 Å². The molecule has 4 bridgehead atoms. The monoisotopic (exact) mass is 193 g/mol. The van der Waals surface area contributed by atoms with Crippen LogP contribution in [0.1, 0.15) is 25.7 Å². The molecule has 4 heterocycles. The summed E-state index contributed by atoms with van der Waals surface area (Å²) in [6.45, 7) is 2.57. The van der Waals surface area contributed by atoms with Gasteiger partial charge in [0.05, 0.1) is 0 Å². The first-order valence-corrected chi connectivity index (χ1v) is 6.15. The molecule has 5 unspecified atom stereocenters. The second kappa shape index (κ2) is 2.71. The van der Waals surface area contributed by atoms with Gasteiger partial charge in [-0.2, -0.15) is 0 Å². The van der Waals surface area contributed by atoms with Gasteiger partial charge in [0.2, 0.25) is 0 Å². The van der Waals surface area contributed by atoms with Gasteiger partial charge in [-0.05, 0) is 25.7 Å². The zero-order valence-corrected chi connectivity index (χ0v) is 8.58. The number of rotatable bonds is 1. The molecular weight excluding hydrogens is 174 g/mol. The van der Waals surface area contributed by atoms with Crippen LogP contribution in [-0.4, -0.2) is 48.2 Å². The van der Waals surface area contributed by atoms with Crippen LogP contribution in [0.2, 0.25) is 0 Å². The van der Waals surface area contributed by atoms with Crippen LogP contribution in [0.15, 0.2) is 0 Å². The highest BCUT2D eigenvalue weighted by atomic mass is 15.3. The number of hydrogen-bond donors (Lipinski definition) is 2. The van der Waals surface area contributed by atoms with Gasteiger partial charge < -0.3 is 10.6 Å². The zero-order valence-electron chi connectivity index (χ0n) is 8.58. The van der Waals surface area contributed by atoms with Gasteiger partial charge in [0.15, 0.2) is 0 Å². The number of nitrogens with zero attached hydrogens (tertiary/aromatic N) is 1. The van der Waals surface area contributed by atoms with Crippen LogP contribution >= 0.6 is 0 Å². The van der Waals surface area contributed by atoms with Crippen molar-refractivity contribution in [2.24, 2.45) is 0 Å². The Kier molecular flexibility index (Phi) is 1.57. The lowest BCUT2D eigenvalue weighted by atomic mass is 9.93. The molecule has 0 aromatic rings. The molecule has 0 amide bonds. The molecular formula is C11H19N3. The third-order valence-corrected chi connectivity index (χ3v) is 4.79. The number of piperazine rings is 1. The highest BCUT2D eigenvalue weighted by Crippen LogP contribution is 2.36. The molecule has 14 heavy (non-hydrogen) atoms. The fraction of sp³-hybridized carbons (Fsp3) is 1.00. The van der Waals surface area contributed by atoms with Gasteiger partial charge in [0, 0.05) is 43.3 Å². The molecule has 3 nitrogen and oxygen atoms in total. The number of fused-ring (bicyclic) bond motifs is 4. The van der Waals surface area contributed by atoms with E-state index in [4.69, 9.17) is 0 Å². The molecule has 4 saturated heterocycles. The van der Waals surface area contributed by atoms with Crippen molar-refractivity contribution in [2.45, 2.75) is 55.9 Å². The summed E-state index contributed by atoms with van der Waals surface area (Å²) in [5, 5.41) is 7.34. The van der Waals surface area contributed by atoms with Crippen molar-refractivity contribution in [2.75, 3.05) is 13.1 Å². The Morgan fingerprint density at radius 3 is 2.64 bits per heavy atom. The Balaban J connectivity index is 1.54. The van der Waals surface area contributed by atoms with E-state index in [-0.39, 0.29) is 0 Å². The van der Waals surface area contributed by atoms with E-state index in [1.54, 1.807) is 0 Å². The average Bonchev–Trinajstić information content (AvgIpc) is 2.96. The maximum absolute atomic E-state index is 3.75. The summed E-state index contributed by atoms with van der Waals surface area (Å²) < 4.78 is 0. The summed E-state index contributed by atoms with van der Waals surface area (Å²) in [5.41, 5.74) is 0. The molecule has 0 aromatic heterocycles. The fourth-order valence-corrected chi connectivity index (χ4v) is 4.16. The van der Waals surface area contributed by atoms with Crippen molar-refractivity contribution in [3.8, 4) is 0 Å². The minimum atomic E-state index is 0.819. The highest BCUT2D eigenvalue weighted by molar-refractivity contribution is 5.08. The van der Waals surface area contributed by atoms with Crippen molar-refractivity contribution in [3.63, 3.8) is 0 Å². The van der Waals surface area contributed by atoms with E-state index in [0.29, 0.717) is 0 Å². The van der Waals surface area contributed by atoms with Crippen LogP contribution in [0, 0.1) is 0 Å². The van der Waals surface area contributed by atoms with E-state index in [1.165, 1.54) is 38.8 Å². The molecule has 4 fully saturated rings. The smallest absolute Gasteiger partial charge is 0.0268 e. The summed E-state index contributed by atoms with van der Waals surface area (Å²) in [4.78, 5) is 2.80. The van der Waals surface area contributed by atoms with E-state index in [2.05, 4.69) is 15.5 Å². The van der Waals surface area contributed by atoms with Gasteiger partial charge in [-0.1, -0.05) is 0 Å². The van der Waals surface area contributed by atoms with E-state index >= 15 is 0 Å². The predicted molar refractivity (Wildman–Crippen MR) is 55.3 cm³/mol. The SMILES string of the molecule is C1CC2NC1CC2N1CC2CC1CN2. The molecule has 4 aliphatic heterocycles. The fourth-order valence-electron chi connectivity index (χ4n) is 4.16. The molecule has 4 rings (SSSR count). The number of nitrogens with one attached hydrogen (secondary N) is 2. The Hall–Kier alpha value is -0.120. The first-order valence-electron chi connectivity index (χ1n) is 6.15. The molecule has 0 saturated carbocycles. The Bertz CT molecular complexity index is 229. The Morgan fingerprint density at radius 2 is 2.07 bits per heavy atom. The van der Waals surface area contributed by atoms with E-state index in [9.17, 15) is 0 Å². The van der Waals surface area contributed by atoms with Crippen molar-refractivity contribution in [3.05, 3.63) is 0 Å². The normalized spacial score (nSPS) is 56.1. The second-order valence-electron chi connectivity index (χ2n) is 5.54. The van der Waals surface area contributed by atoms with Crippen LogP contribution < -0.4 is 10.6 Å². The summed E-state index contributed by atoms with van der Waals surface area (Å²) in [5.74, 6) is 0. The summed E-state index contributed by atoms with van der Waals surface area (Å²) >= 11 is 0. The lowest BCUT2D eigenvalue weighted by Crippen LogP contribution is -2.52. The predicted octanol–water partition coefficient (Wildman–Crippen LogP) is -0.0746. The Labute approximate surface area is 85.2 Å². The van der Waals surface area contributed by atoms with Crippen molar-refractivity contribution < 1.29 is 0 Å². The first kappa shape index (κ1) is 8.08. The van der Waals surface area contributed by atoms with Gasteiger partial charge in [-0.15, -0.1) is 0 Å². The number of likely N-dealkylation sites (tertiary alicyclic amines) is 1. The summed E-state index contributed by atoms with van der Waals surface area (Å²) in [6, 6.07) is 4.26. The average molecular weight is 193 g/mol. The molecule has 0 spiro atoms. The van der Waals surface area contributed by atoms with E-state index < -0.39 is 0 Å². The van der Waals surface area contributed by atoms with E-state index in [1.807, 2.05) is 0 Å². The van der Waals surface area contributed by atoms with Crippen LogP contribution in [0.4, 0.5) is 0 Å². The minimum absolute atomic E-state index is 0.819. The molecule has 3 heteroatoms. The molecule has 0 radical (unpaired) electrons. The van der Waals surface area contributed by atoms with Crippen molar-refractivity contribution >= 4 is 0 Å². The summed E-state index contributed by atoms with van der Waals surface area (Å²) in [7, 11) is 0. The standard InChI is InChI=1S/C11H19N3/c1-2-10-11(4-7(1)13-10)14-6-8-3-9(14)5-12-8/h7-13H,1-6H2. The summed E-state index contributed by atoms with van der Waals surface area (Å²) in [6.07, 6.45) is 5.69. The third kappa shape index (κ3) is 0.980. The topological polar surface area (TPSA) is 27.3 Å². The molecule has 0 aromatic carbocycles. The second-order valence-corrected chi connectivity index (χ2v) is 5.54. The molecule has 0 aliphatic carbocycles. The maximum Gasteiger partial charge on any atom is 0.0268 e. The zero-order chi connectivity index (χ0) is 9.12. The van der Waals surface area contributed by atoms with Crippen molar-refractivity contribution in [1.29, 1.82) is 0 Å². The van der Waals surface area contributed by atoms with Gasteiger partial charge in [0.1, 0.15) is 0 Å². The largest absolute Gasteiger partial charge is 0.311 e. The van der Waals surface area contributed by atoms with Gasteiger partial charge in [-0.3, -0.25) is 4.90 Å². The van der Waals surface area contributed by atoms with Gasteiger partial charge in [0.25, 0.3) is 0 Å². The molecule has 5 atom stereocenters.